The SMILES string of the molecule is CC1(n2ccc3c(Cl)ncnc32)COC1. The minimum Gasteiger partial charge on any atom is -0.376 e. The average Bonchev–Trinajstić information content (AvgIpc) is 2.60. The van der Waals surface area contributed by atoms with Crippen LogP contribution in [-0.2, 0) is 10.3 Å². The van der Waals surface area contributed by atoms with Crippen molar-refractivity contribution in [1.29, 1.82) is 0 Å². The Morgan fingerprint density at radius 1 is 1.47 bits per heavy atom. The van der Waals surface area contributed by atoms with Gasteiger partial charge in [0.1, 0.15) is 17.1 Å². The third kappa shape index (κ3) is 1.18. The summed E-state index contributed by atoms with van der Waals surface area (Å²) in [7, 11) is 0. The van der Waals surface area contributed by atoms with Crippen LogP contribution in [0.4, 0.5) is 0 Å². The van der Waals surface area contributed by atoms with Crippen LogP contribution in [0.3, 0.4) is 0 Å². The molecule has 1 fully saturated rings. The van der Waals surface area contributed by atoms with Crippen LogP contribution in [-0.4, -0.2) is 27.7 Å². The second-order valence-corrected chi connectivity index (χ2v) is 4.44. The quantitative estimate of drug-likeness (QED) is 0.693. The van der Waals surface area contributed by atoms with Gasteiger partial charge in [0.15, 0.2) is 0 Å². The zero-order chi connectivity index (χ0) is 10.5. The molecule has 0 saturated carbocycles. The molecular weight excluding hydrogens is 214 g/mol. The largest absolute Gasteiger partial charge is 0.376 e. The molecule has 1 aliphatic heterocycles. The van der Waals surface area contributed by atoms with E-state index in [-0.39, 0.29) is 5.54 Å². The predicted molar refractivity (Wildman–Crippen MR) is 57.0 cm³/mol. The first-order valence-corrected chi connectivity index (χ1v) is 5.14. The Bertz CT molecular complexity index is 518. The lowest BCUT2D eigenvalue weighted by Gasteiger charge is -2.39. The van der Waals surface area contributed by atoms with Crippen molar-refractivity contribution in [3.8, 4) is 0 Å². The Morgan fingerprint density at radius 3 is 2.93 bits per heavy atom. The number of nitrogens with zero attached hydrogens (tertiary/aromatic N) is 3. The van der Waals surface area contributed by atoms with E-state index in [1.54, 1.807) is 0 Å². The molecule has 4 nitrogen and oxygen atoms in total. The van der Waals surface area contributed by atoms with E-state index in [0.29, 0.717) is 5.15 Å². The Kier molecular flexibility index (Phi) is 1.78. The van der Waals surface area contributed by atoms with Gasteiger partial charge in [0.05, 0.1) is 24.1 Å². The molecule has 0 aliphatic carbocycles. The van der Waals surface area contributed by atoms with Gasteiger partial charge in [0.25, 0.3) is 0 Å². The van der Waals surface area contributed by atoms with Gasteiger partial charge >= 0.3 is 0 Å². The standard InChI is InChI=1S/C10H10ClN3O/c1-10(4-15-5-10)14-3-2-7-8(11)12-6-13-9(7)14/h2-3,6H,4-5H2,1H3. The smallest absolute Gasteiger partial charge is 0.145 e. The maximum atomic E-state index is 5.99. The highest BCUT2D eigenvalue weighted by atomic mass is 35.5. The molecule has 0 radical (unpaired) electrons. The first-order chi connectivity index (χ1) is 7.21. The Labute approximate surface area is 91.8 Å². The van der Waals surface area contributed by atoms with Crippen molar-refractivity contribution >= 4 is 22.6 Å². The Morgan fingerprint density at radius 2 is 2.27 bits per heavy atom. The van der Waals surface area contributed by atoms with Crippen LogP contribution in [0.1, 0.15) is 6.92 Å². The number of hydrogen-bond donors (Lipinski definition) is 0. The van der Waals surface area contributed by atoms with Gasteiger partial charge in [-0.2, -0.15) is 0 Å². The Hall–Kier alpha value is -1.13. The van der Waals surface area contributed by atoms with Crippen LogP contribution >= 0.6 is 11.6 Å². The maximum Gasteiger partial charge on any atom is 0.145 e. The van der Waals surface area contributed by atoms with Gasteiger partial charge in [0, 0.05) is 6.20 Å². The van der Waals surface area contributed by atoms with E-state index >= 15 is 0 Å². The summed E-state index contributed by atoms with van der Waals surface area (Å²) in [5.74, 6) is 0. The highest BCUT2D eigenvalue weighted by Gasteiger charge is 2.36. The summed E-state index contributed by atoms with van der Waals surface area (Å²) >= 11 is 5.99. The van der Waals surface area contributed by atoms with E-state index in [1.807, 2.05) is 12.3 Å². The van der Waals surface area contributed by atoms with Gasteiger partial charge in [-0.25, -0.2) is 9.97 Å². The van der Waals surface area contributed by atoms with E-state index < -0.39 is 0 Å². The molecule has 5 heteroatoms. The predicted octanol–water partition coefficient (Wildman–Crippen LogP) is 1.83. The third-order valence-corrected chi connectivity index (χ3v) is 3.14. The number of halogens is 1. The highest BCUT2D eigenvalue weighted by Crippen LogP contribution is 2.31. The van der Waals surface area contributed by atoms with Crippen LogP contribution in [0, 0.1) is 0 Å². The molecule has 0 amide bonds. The number of rotatable bonds is 1. The van der Waals surface area contributed by atoms with Crippen molar-refractivity contribution in [2.75, 3.05) is 13.2 Å². The second kappa shape index (κ2) is 2.93. The van der Waals surface area contributed by atoms with E-state index in [9.17, 15) is 0 Å². The van der Waals surface area contributed by atoms with Gasteiger partial charge in [-0.1, -0.05) is 11.6 Å². The fourth-order valence-corrected chi connectivity index (χ4v) is 2.08. The molecule has 0 spiro atoms. The molecule has 3 rings (SSSR count). The molecule has 0 aromatic carbocycles. The first kappa shape index (κ1) is 9.12. The van der Waals surface area contributed by atoms with Crippen LogP contribution in [0.2, 0.25) is 5.15 Å². The summed E-state index contributed by atoms with van der Waals surface area (Å²) in [6, 6.07) is 1.95. The van der Waals surface area contributed by atoms with Crippen molar-refractivity contribution in [3.63, 3.8) is 0 Å². The van der Waals surface area contributed by atoms with Crippen molar-refractivity contribution in [2.24, 2.45) is 0 Å². The van der Waals surface area contributed by atoms with Crippen molar-refractivity contribution < 1.29 is 4.74 Å². The number of fused-ring (bicyclic) bond motifs is 1. The number of aromatic nitrogens is 3. The van der Waals surface area contributed by atoms with Crippen LogP contribution in [0.15, 0.2) is 18.6 Å². The molecule has 2 aromatic heterocycles. The molecule has 0 atom stereocenters. The van der Waals surface area contributed by atoms with Gasteiger partial charge in [-0.05, 0) is 13.0 Å². The number of ether oxygens (including phenoxy) is 1. The normalized spacial score (nSPS) is 19.1. The molecule has 2 aromatic rings. The maximum absolute atomic E-state index is 5.99. The lowest BCUT2D eigenvalue weighted by atomic mass is 10.0. The fraction of sp³-hybridized carbons (Fsp3) is 0.400. The van der Waals surface area contributed by atoms with Gasteiger partial charge in [-0.3, -0.25) is 0 Å². The average molecular weight is 224 g/mol. The van der Waals surface area contributed by atoms with E-state index in [4.69, 9.17) is 16.3 Å². The molecule has 1 saturated heterocycles. The minimum atomic E-state index is 0.0133. The molecule has 3 heterocycles. The topological polar surface area (TPSA) is 39.9 Å². The highest BCUT2D eigenvalue weighted by molar-refractivity contribution is 6.33. The first-order valence-electron chi connectivity index (χ1n) is 4.76. The molecule has 0 N–H and O–H groups in total. The molecule has 78 valence electrons. The second-order valence-electron chi connectivity index (χ2n) is 4.08. The lowest BCUT2D eigenvalue weighted by molar-refractivity contribution is -0.0876. The molecular formula is C10H10ClN3O. The molecule has 0 bridgehead atoms. The minimum absolute atomic E-state index is 0.0133. The summed E-state index contributed by atoms with van der Waals surface area (Å²) < 4.78 is 7.35. The molecule has 0 unspecified atom stereocenters. The Balaban J connectivity index is 2.24. The van der Waals surface area contributed by atoms with Crippen LogP contribution < -0.4 is 0 Å². The van der Waals surface area contributed by atoms with Crippen molar-refractivity contribution in [3.05, 3.63) is 23.7 Å². The van der Waals surface area contributed by atoms with E-state index in [1.165, 1.54) is 6.33 Å². The molecule has 15 heavy (non-hydrogen) atoms. The van der Waals surface area contributed by atoms with Gasteiger partial charge < -0.3 is 9.30 Å². The summed E-state index contributed by atoms with van der Waals surface area (Å²) in [5, 5.41) is 1.40. The van der Waals surface area contributed by atoms with Crippen LogP contribution in [0.25, 0.3) is 11.0 Å². The monoisotopic (exact) mass is 223 g/mol. The van der Waals surface area contributed by atoms with Gasteiger partial charge in [0.2, 0.25) is 0 Å². The molecule has 1 aliphatic rings. The summed E-state index contributed by atoms with van der Waals surface area (Å²) in [5.41, 5.74) is 0.889. The van der Waals surface area contributed by atoms with Crippen molar-refractivity contribution in [1.82, 2.24) is 14.5 Å². The third-order valence-electron chi connectivity index (χ3n) is 2.84. The lowest BCUT2D eigenvalue weighted by Crippen LogP contribution is -2.48. The zero-order valence-electron chi connectivity index (χ0n) is 8.27. The zero-order valence-corrected chi connectivity index (χ0v) is 9.03. The van der Waals surface area contributed by atoms with Gasteiger partial charge in [-0.15, -0.1) is 0 Å². The summed E-state index contributed by atoms with van der Waals surface area (Å²) in [6.45, 7) is 3.59. The fourth-order valence-electron chi connectivity index (χ4n) is 1.89. The van der Waals surface area contributed by atoms with Crippen LogP contribution in [0.5, 0.6) is 0 Å². The number of hydrogen-bond acceptors (Lipinski definition) is 3. The van der Waals surface area contributed by atoms with Crippen molar-refractivity contribution in [2.45, 2.75) is 12.5 Å². The summed E-state index contributed by atoms with van der Waals surface area (Å²) in [6.07, 6.45) is 3.48. The van der Waals surface area contributed by atoms with E-state index in [2.05, 4.69) is 21.5 Å². The summed E-state index contributed by atoms with van der Waals surface area (Å²) in [4.78, 5) is 8.22. The van der Waals surface area contributed by atoms with E-state index in [0.717, 1.165) is 24.2 Å².